The fourth-order valence-electron chi connectivity index (χ4n) is 3.19. The summed E-state index contributed by atoms with van der Waals surface area (Å²) in [6.07, 6.45) is 0.683. The molecule has 0 aliphatic carbocycles. The molecule has 2 aliphatic rings. The minimum atomic E-state index is -0.0668. The van der Waals surface area contributed by atoms with Crippen LogP contribution in [0.1, 0.15) is 36.1 Å². The summed E-state index contributed by atoms with van der Waals surface area (Å²) in [6.45, 7) is 3.85. The number of nitrogens with zero attached hydrogens (tertiary/aromatic N) is 2. The molecule has 0 aromatic heterocycles. The fourth-order valence-corrected chi connectivity index (χ4v) is 3.19. The van der Waals surface area contributed by atoms with Crippen LogP contribution in [0.5, 0.6) is 11.5 Å². The zero-order valence-corrected chi connectivity index (χ0v) is 13.7. The van der Waals surface area contributed by atoms with E-state index < -0.39 is 0 Å². The zero-order chi connectivity index (χ0) is 16.7. The van der Waals surface area contributed by atoms with Crippen molar-refractivity contribution in [3.05, 3.63) is 59.2 Å². The molecule has 5 nitrogen and oxygen atoms in total. The molecular formula is C19H18N2O3. The van der Waals surface area contributed by atoms with Gasteiger partial charge in [-0.25, -0.2) is 5.01 Å². The maximum Gasteiger partial charge on any atom is 0.240 e. The van der Waals surface area contributed by atoms with Gasteiger partial charge in [-0.3, -0.25) is 4.79 Å². The zero-order valence-electron chi connectivity index (χ0n) is 13.7. The van der Waals surface area contributed by atoms with Crippen molar-refractivity contribution in [2.75, 3.05) is 6.79 Å². The Morgan fingerprint density at radius 3 is 2.79 bits per heavy atom. The highest BCUT2D eigenvalue weighted by atomic mass is 16.7. The first kappa shape index (κ1) is 14.8. The smallest absolute Gasteiger partial charge is 0.240 e. The number of benzene rings is 2. The lowest BCUT2D eigenvalue weighted by molar-refractivity contribution is -0.130. The van der Waals surface area contributed by atoms with Crippen LogP contribution in [-0.2, 0) is 4.79 Å². The summed E-state index contributed by atoms with van der Waals surface area (Å²) in [5, 5.41) is 6.15. The lowest BCUT2D eigenvalue weighted by atomic mass is 9.97. The molecule has 24 heavy (non-hydrogen) atoms. The van der Waals surface area contributed by atoms with Gasteiger partial charge >= 0.3 is 0 Å². The summed E-state index contributed by atoms with van der Waals surface area (Å²) in [5.74, 6) is 1.41. The molecule has 5 heteroatoms. The van der Waals surface area contributed by atoms with Gasteiger partial charge in [0, 0.05) is 18.9 Å². The van der Waals surface area contributed by atoms with Crippen LogP contribution in [-0.4, -0.2) is 23.4 Å². The number of rotatable bonds is 2. The van der Waals surface area contributed by atoms with Crippen LogP contribution in [0, 0.1) is 6.92 Å². The van der Waals surface area contributed by atoms with Gasteiger partial charge in [0.25, 0.3) is 0 Å². The molecule has 4 rings (SSSR count). The lowest BCUT2D eigenvalue weighted by Gasteiger charge is -2.20. The van der Waals surface area contributed by atoms with Crippen molar-refractivity contribution in [2.24, 2.45) is 5.10 Å². The number of amides is 1. The van der Waals surface area contributed by atoms with E-state index in [1.807, 2.05) is 30.3 Å². The fraction of sp³-hybridized carbons (Fsp3) is 0.263. The first-order valence-corrected chi connectivity index (χ1v) is 7.96. The molecule has 1 atom stereocenters. The van der Waals surface area contributed by atoms with E-state index in [9.17, 15) is 4.79 Å². The van der Waals surface area contributed by atoms with Crippen LogP contribution >= 0.6 is 0 Å². The predicted octanol–water partition coefficient (Wildman–Crippen LogP) is 3.42. The van der Waals surface area contributed by atoms with Crippen LogP contribution in [0.4, 0.5) is 0 Å². The maximum absolute atomic E-state index is 12.1. The predicted molar refractivity (Wildman–Crippen MR) is 90.2 cm³/mol. The summed E-state index contributed by atoms with van der Waals surface area (Å²) in [4.78, 5) is 12.1. The van der Waals surface area contributed by atoms with Crippen molar-refractivity contribution < 1.29 is 14.3 Å². The number of fused-ring (bicyclic) bond motifs is 1. The average molecular weight is 322 g/mol. The molecule has 2 aromatic rings. The molecule has 122 valence electrons. The van der Waals surface area contributed by atoms with Crippen LogP contribution in [0.25, 0.3) is 0 Å². The van der Waals surface area contributed by atoms with Gasteiger partial charge in [-0.15, -0.1) is 0 Å². The van der Waals surface area contributed by atoms with Crippen LogP contribution in [0.15, 0.2) is 47.6 Å². The van der Waals surface area contributed by atoms with Crippen molar-refractivity contribution in [1.29, 1.82) is 0 Å². The summed E-state index contributed by atoms with van der Waals surface area (Å²) in [7, 11) is 0. The average Bonchev–Trinajstić information content (AvgIpc) is 3.21. The summed E-state index contributed by atoms with van der Waals surface area (Å²) in [6, 6.07) is 13.9. The van der Waals surface area contributed by atoms with Crippen LogP contribution in [0.3, 0.4) is 0 Å². The lowest BCUT2D eigenvalue weighted by Crippen LogP contribution is -2.24. The third kappa shape index (κ3) is 2.52. The summed E-state index contributed by atoms with van der Waals surface area (Å²) in [5.41, 5.74) is 4.12. The van der Waals surface area contributed by atoms with Crippen molar-refractivity contribution in [1.82, 2.24) is 5.01 Å². The third-order valence-corrected chi connectivity index (χ3v) is 4.37. The highest BCUT2D eigenvalue weighted by Gasteiger charge is 2.32. The first-order chi connectivity index (χ1) is 11.6. The number of ether oxygens (including phenoxy) is 2. The molecular weight excluding hydrogens is 304 g/mol. The second-order valence-electron chi connectivity index (χ2n) is 6.11. The molecule has 0 fully saturated rings. The van der Waals surface area contributed by atoms with Gasteiger partial charge in [-0.1, -0.05) is 29.8 Å². The van der Waals surface area contributed by atoms with Gasteiger partial charge in [0.2, 0.25) is 12.7 Å². The van der Waals surface area contributed by atoms with Crippen molar-refractivity contribution >= 4 is 11.6 Å². The van der Waals surface area contributed by atoms with E-state index in [-0.39, 0.29) is 18.7 Å². The van der Waals surface area contributed by atoms with Gasteiger partial charge in [-0.05, 0) is 30.7 Å². The SMILES string of the molecule is CC(=O)N1N=C(c2ccc3c(c2)OCO3)C[C@@H]1c1cccc(C)c1. The van der Waals surface area contributed by atoms with E-state index in [1.54, 1.807) is 11.9 Å². The number of aryl methyl sites for hydroxylation is 1. The Kier molecular flexibility index (Phi) is 3.49. The normalized spacial score (nSPS) is 18.7. The number of hydrogen-bond acceptors (Lipinski definition) is 4. The minimum absolute atomic E-state index is 0.0581. The summed E-state index contributed by atoms with van der Waals surface area (Å²) >= 11 is 0. The highest BCUT2D eigenvalue weighted by molar-refractivity contribution is 6.03. The Bertz CT molecular complexity index is 844. The quantitative estimate of drug-likeness (QED) is 0.851. The summed E-state index contributed by atoms with van der Waals surface area (Å²) < 4.78 is 10.8. The Hall–Kier alpha value is -2.82. The topological polar surface area (TPSA) is 51.1 Å². The Morgan fingerprint density at radius 2 is 2.00 bits per heavy atom. The third-order valence-electron chi connectivity index (χ3n) is 4.37. The van der Waals surface area contributed by atoms with Gasteiger partial charge in [0.1, 0.15) is 0 Å². The van der Waals surface area contributed by atoms with Gasteiger partial charge in [-0.2, -0.15) is 5.10 Å². The molecule has 0 N–H and O–H groups in total. The molecule has 0 radical (unpaired) electrons. The molecule has 1 amide bonds. The molecule has 0 bridgehead atoms. The number of hydrazone groups is 1. The second-order valence-corrected chi connectivity index (χ2v) is 6.11. The van der Waals surface area contributed by atoms with Gasteiger partial charge in [0.15, 0.2) is 11.5 Å². The Labute approximate surface area is 140 Å². The molecule has 2 aliphatic heterocycles. The molecule has 2 heterocycles. The highest BCUT2D eigenvalue weighted by Crippen LogP contribution is 2.37. The van der Waals surface area contributed by atoms with Crippen LogP contribution in [0.2, 0.25) is 0 Å². The van der Waals surface area contributed by atoms with E-state index in [4.69, 9.17) is 9.47 Å². The van der Waals surface area contributed by atoms with Crippen molar-refractivity contribution in [2.45, 2.75) is 26.3 Å². The molecule has 0 unspecified atom stereocenters. The number of carbonyl (C=O) groups excluding carboxylic acids is 1. The molecule has 0 spiro atoms. The molecule has 0 saturated carbocycles. The van der Waals surface area contributed by atoms with E-state index in [2.05, 4.69) is 24.2 Å². The van der Waals surface area contributed by atoms with E-state index >= 15 is 0 Å². The van der Waals surface area contributed by atoms with E-state index in [0.717, 1.165) is 28.3 Å². The standard InChI is InChI=1S/C19H18N2O3/c1-12-4-3-5-15(8-12)17-10-16(20-21(17)13(2)22)14-6-7-18-19(9-14)24-11-23-18/h3-9,17H,10-11H2,1-2H3/t17-/m1/s1. The number of carbonyl (C=O) groups is 1. The monoisotopic (exact) mass is 322 g/mol. The number of hydrogen-bond donors (Lipinski definition) is 0. The Morgan fingerprint density at radius 1 is 1.17 bits per heavy atom. The second kappa shape index (κ2) is 5.67. The molecule has 0 saturated heterocycles. The van der Waals surface area contributed by atoms with E-state index in [1.165, 1.54) is 5.56 Å². The van der Waals surface area contributed by atoms with Crippen LogP contribution < -0.4 is 9.47 Å². The largest absolute Gasteiger partial charge is 0.454 e. The van der Waals surface area contributed by atoms with Gasteiger partial charge < -0.3 is 9.47 Å². The van der Waals surface area contributed by atoms with Crippen molar-refractivity contribution in [3.63, 3.8) is 0 Å². The van der Waals surface area contributed by atoms with E-state index in [0.29, 0.717) is 6.42 Å². The maximum atomic E-state index is 12.1. The minimum Gasteiger partial charge on any atom is -0.454 e. The molecule has 2 aromatic carbocycles. The van der Waals surface area contributed by atoms with Crippen molar-refractivity contribution in [3.8, 4) is 11.5 Å². The van der Waals surface area contributed by atoms with Gasteiger partial charge in [0.05, 0.1) is 11.8 Å². The Balaban J connectivity index is 1.68. The first-order valence-electron chi connectivity index (χ1n) is 7.96.